The quantitative estimate of drug-likeness (QED) is 0.569. The summed E-state index contributed by atoms with van der Waals surface area (Å²) in [7, 11) is 0. The van der Waals surface area contributed by atoms with Crippen LogP contribution < -0.4 is 0 Å². The molecule has 0 aliphatic carbocycles. The van der Waals surface area contributed by atoms with Crippen LogP contribution in [-0.4, -0.2) is 11.2 Å². The SMILES string of the molecule is CCC[C@H](Cl)CCCC(C)=O. The Bertz CT molecular complexity index is 112. The van der Waals surface area contributed by atoms with E-state index in [1.165, 1.54) is 0 Å². The van der Waals surface area contributed by atoms with Crippen LogP contribution in [-0.2, 0) is 4.79 Å². The van der Waals surface area contributed by atoms with Crippen molar-refractivity contribution in [3.8, 4) is 0 Å². The summed E-state index contributed by atoms with van der Waals surface area (Å²) in [6, 6.07) is 0. The highest BCUT2D eigenvalue weighted by Gasteiger charge is 2.02. The summed E-state index contributed by atoms with van der Waals surface area (Å²) in [5.41, 5.74) is 0. The Morgan fingerprint density at radius 3 is 2.55 bits per heavy atom. The summed E-state index contributed by atoms with van der Waals surface area (Å²) < 4.78 is 0. The van der Waals surface area contributed by atoms with Gasteiger partial charge in [0.1, 0.15) is 5.78 Å². The number of halogens is 1. The fraction of sp³-hybridized carbons (Fsp3) is 0.889. The molecule has 0 aromatic heterocycles. The molecule has 2 heteroatoms. The predicted molar refractivity (Wildman–Crippen MR) is 49.1 cm³/mol. The Morgan fingerprint density at radius 1 is 1.45 bits per heavy atom. The van der Waals surface area contributed by atoms with Gasteiger partial charge in [0.15, 0.2) is 0 Å². The van der Waals surface area contributed by atoms with Crippen LogP contribution in [0.5, 0.6) is 0 Å². The van der Waals surface area contributed by atoms with E-state index in [9.17, 15) is 4.79 Å². The van der Waals surface area contributed by atoms with Crippen molar-refractivity contribution in [3.63, 3.8) is 0 Å². The van der Waals surface area contributed by atoms with Gasteiger partial charge in [0, 0.05) is 11.8 Å². The zero-order chi connectivity index (χ0) is 8.69. The van der Waals surface area contributed by atoms with Gasteiger partial charge in [-0.1, -0.05) is 13.3 Å². The van der Waals surface area contributed by atoms with Gasteiger partial charge < -0.3 is 4.79 Å². The fourth-order valence-electron chi connectivity index (χ4n) is 1.03. The van der Waals surface area contributed by atoms with Crippen LogP contribution in [0.25, 0.3) is 0 Å². The fourth-order valence-corrected chi connectivity index (χ4v) is 1.40. The van der Waals surface area contributed by atoms with Crippen LogP contribution in [0.4, 0.5) is 0 Å². The molecule has 11 heavy (non-hydrogen) atoms. The van der Waals surface area contributed by atoms with Crippen LogP contribution in [0.1, 0.15) is 46.0 Å². The topological polar surface area (TPSA) is 17.1 Å². The summed E-state index contributed by atoms with van der Waals surface area (Å²) in [4.78, 5) is 10.5. The average molecular weight is 177 g/mol. The monoisotopic (exact) mass is 176 g/mol. The summed E-state index contributed by atoms with van der Waals surface area (Å²) in [6.45, 7) is 3.75. The van der Waals surface area contributed by atoms with Crippen molar-refractivity contribution in [1.82, 2.24) is 0 Å². The maximum Gasteiger partial charge on any atom is 0.129 e. The first-order valence-corrected chi connectivity index (χ1v) is 4.74. The Hall–Kier alpha value is -0.0400. The molecule has 0 aliphatic rings. The molecule has 1 nitrogen and oxygen atoms in total. The molecule has 0 unspecified atom stereocenters. The second-order valence-corrected chi connectivity index (χ2v) is 3.60. The molecule has 0 rings (SSSR count). The molecule has 0 aromatic rings. The molecule has 0 radical (unpaired) electrons. The van der Waals surface area contributed by atoms with Crippen LogP contribution in [0.15, 0.2) is 0 Å². The van der Waals surface area contributed by atoms with E-state index in [4.69, 9.17) is 11.6 Å². The van der Waals surface area contributed by atoms with E-state index >= 15 is 0 Å². The third-order valence-electron chi connectivity index (χ3n) is 1.65. The van der Waals surface area contributed by atoms with E-state index in [0.29, 0.717) is 6.42 Å². The number of hydrogen-bond donors (Lipinski definition) is 0. The van der Waals surface area contributed by atoms with Crippen molar-refractivity contribution < 1.29 is 4.79 Å². The maximum absolute atomic E-state index is 10.5. The van der Waals surface area contributed by atoms with Gasteiger partial charge in [-0.15, -0.1) is 11.6 Å². The molecule has 0 fully saturated rings. The first kappa shape index (κ1) is 11.0. The molecule has 0 aliphatic heterocycles. The lowest BCUT2D eigenvalue weighted by atomic mass is 10.1. The molecule has 0 saturated carbocycles. The van der Waals surface area contributed by atoms with Gasteiger partial charge in [-0.2, -0.15) is 0 Å². The average Bonchev–Trinajstić information content (AvgIpc) is 1.87. The lowest BCUT2D eigenvalue weighted by Gasteiger charge is -2.05. The smallest absolute Gasteiger partial charge is 0.129 e. The van der Waals surface area contributed by atoms with Crippen LogP contribution in [0, 0.1) is 0 Å². The molecule has 66 valence electrons. The maximum atomic E-state index is 10.5. The highest BCUT2D eigenvalue weighted by atomic mass is 35.5. The molecule has 0 heterocycles. The van der Waals surface area contributed by atoms with Crippen molar-refractivity contribution in [3.05, 3.63) is 0 Å². The van der Waals surface area contributed by atoms with E-state index in [2.05, 4.69) is 6.92 Å². The molecule has 0 spiro atoms. The van der Waals surface area contributed by atoms with Crippen LogP contribution in [0.2, 0.25) is 0 Å². The Balaban J connectivity index is 3.16. The Morgan fingerprint density at radius 2 is 2.09 bits per heavy atom. The minimum atomic E-state index is 0.269. The van der Waals surface area contributed by atoms with E-state index in [-0.39, 0.29) is 11.2 Å². The molecule has 0 aromatic carbocycles. The highest BCUT2D eigenvalue weighted by Crippen LogP contribution is 2.12. The van der Waals surface area contributed by atoms with Crippen molar-refractivity contribution in [1.29, 1.82) is 0 Å². The second kappa shape index (κ2) is 6.66. The molecule has 0 N–H and O–H groups in total. The lowest BCUT2D eigenvalue weighted by molar-refractivity contribution is -0.117. The number of rotatable bonds is 6. The van der Waals surface area contributed by atoms with Gasteiger partial charge in [-0.25, -0.2) is 0 Å². The third kappa shape index (κ3) is 7.86. The predicted octanol–water partition coefficient (Wildman–Crippen LogP) is 3.15. The summed E-state index contributed by atoms with van der Waals surface area (Å²) in [5, 5.41) is 0.277. The normalized spacial score (nSPS) is 13.0. The van der Waals surface area contributed by atoms with E-state index in [0.717, 1.165) is 25.7 Å². The number of carbonyl (C=O) groups excluding carboxylic acids is 1. The van der Waals surface area contributed by atoms with E-state index < -0.39 is 0 Å². The van der Waals surface area contributed by atoms with Crippen molar-refractivity contribution in [2.45, 2.75) is 51.3 Å². The van der Waals surface area contributed by atoms with Crippen LogP contribution in [0.3, 0.4) is 0 Å². The standard InChI is InChI=1S/C9H17ClO/c1-3-5-9(10)7-4-6-8(2)11/h9H,3-7H2,1-2H3/t9-/m0/s1. The number of Topliss-reactive ketones (excluding diaryl/α,β-unsaturated/α-hetero) is 1. The number of ketones is 1. The number of alkyl halides is 1. The number of hydrogen-bond acceptors (Lipinski definition) is 1. The zero-order valence-corrected chi connectivity index (χ0v) is 8.16. The summed E-state index contributed by atoms with van der Waals surface area (Å²) in [6.07, 6.45) is 4.82. The van der Waals surface area contributed by atoms with Gasteiger partial charge in [-0.05, 0) is 26.2 Å². The van der Waals surface area contributed by atoms with Gasteiger partial charge in [-0.3, -0.25) is 0 Å². The first-order chi connectivity index (χ1) is 5.16. The second-order valence-electron chi connectivity index (χ2n) is 2.98. The van der Waals surface area contributed by atoms with Crippen molar-refractivity contribution in [2.24, 2.45) is 0 Å². The molecule has 1 atom stereocenters. The molecular formula is C9H17ClO. The largest absolute Gasteiger partial charge is 0.300 e. The lowest BCUT2D eigenvalue weighted by Crippen LogP contribution is -1.99. The molecule has 0 amide bonds. The minimum absolute atomic E-state index is 0.269. The highest BCUT2D eigenvalue weighted by molar-refractivity contribution is 6.20. The van der Waals surface area contributed by atoms with E-state index in [1.54, 1.807) is 6.92 Å². The van der Waals surface area contributed by atoms with E-state index in [1.807, 2.05) is 0 Å². The Kier molecular flexibility index (Phi) is 6.63. The zero-order valence-electron chi connectivity index (χ0n) is 7.40. The number of carbonyl (C=O) groups is 1. The Labute approximate surface area is 74.1 Å². The van der Waals surface area contributed by atoms with Gasteiger partial charge in [0.2, 0.25) is 0 Å². The van der Waals surface area contributed by atoms with Crippen LogP contribution >= 0.6 is 11.6 Å². The molecular weight excluding hydrogens is 160 g/mol. The summed E-state index contributed by atoms with van der Waals surface area (Å²) in [5.74, 6) is 0.269. The van der Waals surface area contributed by atoms with Crippen molar-refractivity contribution in [2.75, 3.05) is 0 Å². The summed E-state index contributed by atoms with van der Waals surface area (Å²) >= 11 is 5.95. The minimum Gasteiger partial charge on any atom is -0.300 e. The van der Waals surface area contributed by atoms with Crippen molar-refractivity contribution >= 4 is 17.4 Å². The third-order valence-corrected chi connectivity index (χ3v) is 2.08. The first-order valence-electron chi connectivity index (χ1n) is 4.30. The molecule has 0 bridgehead atoms. The molecule has 0 saturated heterocycles. The van der Waals surface area contributed by atoms with Gasteiger partial charge >= 0.3 is 0 Å². The van der Waals surface area contributed by atoms with Gasteiger partial charge in [0.05, 0.1) is 0 Å². The van der Waals surface area contributed by atoms with Gasteiger partial charge in [0.25, 0.3) is 0 Å².